The summed E-state index contributed by atoms with van der Waals surface area (Å²) in [6.07, 6.45) is 5.69. The second-order valence-electron chi connectivity index (χ2n) is 5.78. The van der Waals surface area contributed by atoms with E-state index in [1.54, 1.807) is 0 Å². The fourth-order valence-electron chi connectivity index (χ4n) is 3.41. The SMILES string of the molecule is CCCC1(CCC)CC(NCC)c2ccc(Br)cc2O1. The number of fused-ring (bicyclic) bond motifs is 1. The Morgan fingerprint density at radius 1 is 1.25 bits per heavy atom. The van der Waals surface area contributed by atoms with Crippen LogP contribution in [0.3, 0.4) is 0 Å². The highest BCUT2D eigenvalue weighted by atomic mass is 79.9. The van der Waals surface area contributed by atoms with Crippen LogP contribution in [0.2, 0.25) is 0 Å². The van der Waals surface area contributed by atoms with Gasteiger partial charge in [-0.25, -0.2) is 0 Å². The van der Waals surface area contributed by atoms with Crippen molar-refractivity contribution in [1.29, 1.82) is 0 Å². The number of hydrogen-bond donors (Lipinski definition) is 1. The molecule has 0 spiro atoms. The van der Waals surface area contributed by atoms with Crippen molar-refractivity contribution in [2.45, 2.75) is 64.5 Å². The van der Waals surface area contributed by atoms with Gasteiger partial charge in [0.15, 0.2) is 0 Å². The van der Waals surface area contributed by atoms with E-state index in [0.29, 0.717) is 6.04 Å². The lowest BCUT2D eigenvalue weighted by atomic mass is 9.81. The summed E-state index contributed by atoms with van der Waals surface area (Å²) in [6.45, 7) is 7.67. The fraction of sp³-hybridized carbons (Fsp3) is 0.647. The second kappa shape index (κ2) is 6.95. The molecule has 1 heterocycles. The highest BCUT2D eigenvalue weighted by molar-refractivity contribution is 9.10. The van der Waals surface area contributed by atoms with Crippen LogP contribution < -0.4 is 10.1 Å². The largest absolute Gasteiger partial charge is 0.487 e. The van der Waals surface area contributed by atoms with Crippen molar-refractivity contribution in [2.75, 3.05) is 6.54 Å². The van der Waals surface area contributed by atoms with Gasteiger partial charge in [0, 0.05) is 22.5 Å². The van der Waals surface area contributed by atoms with Gasteiger partial charge in [0.25, 0.3) is 0 Å². The van der Waals surface area contributed by atoms with Crippen LogP contribution in [0.25, 0.3) is 0 Å². The van der Waals surface area contributed by atoms with Crippen LogP contribution in [0.5, 0.6) is 5.75 Å². The number of halogens is 1. The van der Waals surface area contributed by atoms with E-state index in [1.165, 1.54) is 18.4 Å². The average Bonchev–Trinajstić information content (AvgIpc) is 2.39. The zero-order valence-electron chi connectivity index (χ0n) is 12.8. The van der Waals surface area contributed by atoms with E-state index in [4.69, 9.17) is 4.74 Å². The summed E-state index contributed by atoms with van der Waals surface area (Å²) in [4.78, 5) is 0. The Bertz CT molecular complexity index is 441. The van der Waals surface area contributed by atoms with Gasteiger partial charge < -0.3 is 10.1 Å². The van der Waals surface area contributed by atoms with Crippen molar-refractivity contribution < 1.29 is 4.74 Å². The molecule has 112 valence electrons. The predicted molar refractivity (Wildman–Crippen MR) is 88.4 cm³/mol. The molecule has 0 saturated carbocycles. The third kappa shape index (κ3) is 3.37. The van der Waals surface area contributed by atoms with Crippen LogP contribution in [0, 0.1) is 0 Å². The van der Waals surface area contributed by atoms with Gasteiger partial charge in [-0.1, -0.05) is 55.6 Å². The Kier molecular flexibility index (Phi) is 5.50. The summed E-state index contributed by atoms with van der Waals surface area (Å²) < 4.78 is 7.58. The zero-order chi connectivity index (χ0) is 14.6. The smallest absolute Gasteiger partial charge is 0.126 e. The van der Waals surface area contributed by atoms with E-state index in [0.717, 1.165) is 36.0 Å². The Balaban J connectivity index is 2.36. The number of hydrogen-bond acceptors (Lipinski definition) is 2. The zero-order valence-corrected chi connectivity index (χ0v) is 14.4. The maximum Gasteiger partial charge on any atom is 0.126 e. The molecule has 1 atom stereocenters. The number of benzene rings is 1. The highest BCUT2D eigenvalue weighted by Crippen LogP contribution is 2.44. The molecule has 0 fully saturated rings. The molecule has 1 aromatic rings. The molecule has 0 aromatic heterocycles. The molecule has 2 nitrogen and oxygen atoms in total. The molecule has 2 rings (SSSR count). The van der Waals surface area contributed by atoms with Gasteiger partial charge in [0.2, 0.25) is 0 Å². The first kappa shape index (κ1) is 15.8. The number of nitrogens with one attached hydrogen (secondary N) is 1. The minimum Gasteiger partial charge on any atom is -0.487 e. The van der Waals surface area contributed by atoms with Crippen LogP contribution >= 0.6 is 15.9 Å². The molecular weight excluding hydrogens is 314 g/mol. The second-order valence-corrected chi connectivity index (χ2v) is 6.70. The van der Waals surface area contributed by atoms with Crippen LogP contribution in [-0.4, -0.2) is 12.1 Å². The lowest BCUT2D eigenvalue weighted by Crippen LogP contribution is -2.44. The van der Waals surface area contributed by atoms with Crippen molar-refractivity contribution in [2.24, 2.45) is 0 Å². The van der Waals surface area contributed by atoms with Crippen LogP contribution in [0.4, 0.5) is 0 Å². The normalized spacial score (nSPS) is 20.3. The molecule has 0 amide bonds. The lowest BCUT2D eigenvalue weighted by Gasteiger charge is -2.43. The van der Waals surface area contributed by atoms with Gasteiger partial charge in [0.05, 0.1) is 0 Å². The van der Waals surface area contributed by atoms with Crippen molar-refractivity contribution in [3.05, 3.63) is 28.2 Å². The molecule has 1 unspecified atom stereocenters. The summed E-state index contributed by atoms with van der Waals surface area (Å²) in [7, 11) is 0. The van der Waals surface area contributed by atoms with Gasteiger partial charge in [-0.15, -0.1) is 0 Å². The molecule has 0 aliphatic carbocycles. The molecule has 0 radical (unpaired) electrons. The fourth-order valence-corrected chi connectivity index (χ4v) is 3.75. The first-order valence-corrected chi connectivity index (χ1v) is 8.65. The molecule has 1 aliphatic heterocycles. The molecular formula is C17H26BrNO. The number of rotatable bonds is 6. The quantitative estimate of drug-likeness (QED) is 0.766. The third-order valence-electron chi connectivity index (χ3n) is 4.12. The van der Waals surface area contributed by atoms with E-state index in [2.05, 4.69) is 60.2 Å². The summed E-state index contributed by atoms with van der Waals surface area (Å²) in [5, 5.41) is 3.64. The van der Waals surface area contributed by atoms with Gasteiger partial charge >= 0.3 is 0 Å². The Labute approximate surface area is 131 Å². The van der Waals surface area contributed by atoms with E-state index in [1.807, 2.05) is 0 Å². The molecule has 3 heteroatoms. The number of ether oxygens (including phenoxy) is 1. The van der Waals surface area contributed by atoms with E-state index in [9.17, 15) is 0 Å². The molecule has 0 bridgehead atoms. The van der Waals surface area contributed by atoms with Crippen molar-refractivity contribution in [3.8, 4) is 5.75 Å². The summed E-state index contributed by atoms with van der Waals surface area (Å²) in [5.74, 6) is 1.05. The molecule has 0 saturated heterocycles. The van der Waals surface area contributed by atoms with Crippen LogP contribution in [0.1, 0.15) is 64.5 Å². The van der Waals surface area contributed by atoms with E-state index >= 15 is 0 Å². The minimum absolute atomic E-state index is 0.00410. The average molecular weight is 340 g/mol. The molecule has 20 heavy (non-hydrogen) atoms. The molecule has 1 aromatic carbocycles. The highest BCUT2D eigenvalue weighted by Gasteiger charge is 2.39. The minimum atomic E-state index is 0.00410. The van der Waals surface area contributed by atoms with Crippen molar-refractivity contribution in [1.82, 2.24) is 5.32 Å². The lowest BCUT2D eigenvalue weighted by molar-refractivity contribution is 0.0130. The van der Waals surface area contributed by atoms with E-state index < -0.39 is 0 Å². The Hall–Kier alpha value is -0.540. The summed E-state index contributed by atoms with van der Waals surface area (Å²) in [6, 6.07) is 6.84. The van der Waals surface area contributed by atoms with Gasteiger partial charge in [0.1, 0.15) is 11.4 Å². The summed E-state index contributed by atoms with van der Waals surface area (Å²) in [5.41, 5.74) is 1.31. The molecule has 1 aliphatic rings. The Morgan fingerprint density at radius 2 is 1.95 bits per heavy atom. The predicted octanol–water partition coefficient (Wildman–Crippen LogP) is 5.22. The maximum absolute atomic E-state index is 6.49. The summed E-state index contributed by atoms with van der Waals surface area (Å²) >= 11 is 3.56. The maximum atomic E-state index is 6.49. The topological polar surface area (TPSA) is 21.3 Å². The van der Waals surface area contributed by atoms with Gasteiger partial charge in [-0.2, -0.15) is 0 Å². The van der Waals surface area contributed by atoms with E-state index in [-0.39, 0.29) is 5.60 Å². The standard InChI is InChI=1S/C17H26BrNO/c1-4-9-17(10-5-2)12-15(19-6-3)14-8-7-13(18)11-16(14)20-17/h7-8,11,15,19H,4-6,9-10,12H2,1-3H3. The van der Waals surface area contributed by atoms with Crippen LogP contribution in [-0.2, 0) is 0 Å². The van der Waals surface area contributed by atoms with Crippen molar-refractivity contribution >= 4 is 15.9 Å². The van der Waals surface area contributed by atoms with Crippen LogP contribution in [0.15, 0.2) is 22.7 Å². The van der Waals surface area contributed by atoms with Crippen molar-refractivity contribution in [3.63, 3.8) is 0 Å². The first-order chi connectivity index (χ1) is 9.64. The monoisotopic (exact) mass is 339 g/mol. The van der Waals surface area contributed by atoms with Gasteiger partial charge in [-0.3, -0.25) is 0 Å². The first-order valence-electron chi connectivity index (χ1n) is 7.86. The molecule has 1 N–H and O–H groups in total. The Morgan fingerprint density at radius 3 is 2.55 bits per heavy atom. The third-order valence-corrected chi connectivity index (χ3v) is 4.61. The van der Waals surface area contributed by atoms with Gasteiger partial charge in [-0.05, 0) is 31.5 Å².